The molecule has 2 aromatic heterocycles. The molecule has 3 aromatic rings. The van der Waals surface area contributed by atoms with Crippen LogP contribution in [-0.2, 0) is 0 Å². The van der Waals surface area contributed by atoms with Gasteiger partial charge in [-0.25, -0.2) is 4.98 Å². The second kappa shape index (κ2) is 10.1. The number of nitrogens with one attached hydrogen (secondary N) is 1. The van der Waals surface area contributed by atoms with E-state index in [4.69, 9.17) is 14.2 Å². The molecule has 2 heterocycles. The van der Waals surface area contributed by atoms with Gasteiger partial charge in [-0.1, -0.05) is 38.3 Å². The van der Waals surface area contributed by atoms with E-state index < -0.39 is 0 Å². The third-order valence-electron chi connectivity index (χ3n) is 5.69. The summed E-state index contributed by atoms with van der Waals surface area (Å²) in [7, 11) is 4.86. The summed E-state index contributed by atoms with van der Waals surface area (Å²) in [6.45, 7) is 2.24. The van der Waals surface area contributed by atoms with Crippen molar-refractivity contribution in [3.8, 4) is 34.6 Å². The molecular weight excluding hydrogens is 426 g/mol. The van der Waals surface area contributed by atoms with Gasteiger partial charge in [0.2, 0.25) is 11.8 Å². The van der Waals surface area contributed by atoms with Gasteiger partial charge in [-0.2, -0.15) is 0 Å². The summed E-state index contributed by atoms with van der Waals surface area (Å²) in [5, 5.41) is 9.36. The van der Waals surface area contributed by atoms with Crippen molar-refractivity contribution >= 4 is 17.9 Å². The maximum Gasteiger partial charge on any atom is 0.239 e. The molecule has 4 rings (SSSR count). The Labute approximate surface area is 192 Å². The van der Waals surface area contributed by atoms with Crippen LogP contribution in [0.5, 0.6) is 17.4 Å². The van der Waals surface area contributed by atoms with E-state index in [-0.39, 0.29) is 0 Å². The van der Waals surface area contributed by atoms with Crippen LogP contribution < -0.4 is 18.9 Å². The molecule has 0 radical (unpaired) electrons. The maximum absolute atomic E-state index is 5.67. The lowest BCUT2D eigenvalue weighted by Crippen LogP contribution is -2.17. The van der Waals surface area contributed by atoms with E-state index in [1.165, 1.54) is 25.7 Å². The summed E-state index contributed by atoms with van der Waals surface area (Å²) in [4.78, 5) is 4.56. The fourth-order valence-corrected chi connectivity index (χ4v) is 4.64. The Hall–Kier alpha value is -2.94. The lowest BCUT2D eigenvalue weighted by atomic mass is 9.82. The molecule has 1 atom stereocenters. The molecule has 8 nitrogen and oxygen atoms in total. The molecule has 9 heteroatoms. The molecule has 0 saturated heterocycles. The molecule has 1 unspecified atom stereocenters. The zero-order valence-electron chi connectivity index (χ0n) is 18.9. The van der Waals surface area contributed by atoms with E-state index in [9.17, 15) is 0 Å². The van der Waals surface area contributed by atoms with E-state index in [0.717, 1.165) is 5.92 Å². The molecule has 32 heavy (non-hydrogen) atoms. The summed E-state index contributed by atoms with van der Waals surface area (Å²) < 4.78 is 22.0. The molecule has 1 saturated carbocycles. The molecule has 0 spiro atoms. The Kier molecular flexibility index (Phi) is 7.04. The van der Waals surface area contributed by atoms with Crippen molar-refractivity contribution in [3.63, 3.8) is 0 Å². The first kappa shape index (κ1) is 22.3. The largest absolute Gasteiger partial charge is 0.494 e. The highest BCUT2D eigenvalue weighted by Gasteiger charge is 2.25. The van der Waals surface area contributed by atoms with Gasteiger partial charge in [-0.05, 0) is 42.5 Å². The summed E-state index contributed by atoms with van der Waals surface area (Å²) >= 11 is 1.66. The van der Waals surface area contributed by atoms with Crippen LogP contribution >= 0.6 is 11.9 Å². The second-order valence-corrected chi connectivity index (χ2v) is 9.07. The highest BCUT2D eigenvalue weighted by atomic mass is 32.2. The van der Waals surface area contributed by atoms with Gasteiger partial charge in [-0.3, -0.25) is 9.29 Å². The normalized spacial score (nSPS) is 14.5. The van der Waals surface area contributed by atoms with Crippen molar-refractivity contribution in [2.45, 2.75) is 37.9 Å². The molecule has 1 aliphatic rings. The van der Waals surface area contributed by atoms with Gasteiger partial charge in [0, 0.05) is 11.3 Å². The quantitative estimate of drug-likeness (QED) is 0.428. The van der Waals surface area contributed by atoms with Crippen molar-refractivity contribution < 1.29 is 14.2 Å². The number of para-hydroxylation sites is 1. The van der Waals surface area contributed by atoms with Crippen molar-refractivity contribution in [2.75, 3.05) is 26.1 Å². The number of hydrogen-bond acceptors (Lipinski definition) is 8. The van der Waals surface area contributed by atoms with Crippen LogP contribution in [0.25, 0.3) is 17.2 Å². The number of benzene rings is 1. The number of anilines is 1. The van der Waals surface area contributed by atoms with Gasteiger partial charge < -0.3 is 14.2 Å². The minimum absolute atomic E-state index is 0.448. The highest BCUT2D eigenvalue weighted by Crippen LogP contribution is 2.39. The number of nitrogens with zero attached hydrogens (tertiary/aromatic N) is 4. The highest BCUT2D eigenvalue weighted by molar-refractivity contribution is 8.01. The second-order valence-electron chi connectivity index (χ2n) is 7.82. The van der Waals surface area contributed by atoms with Gasteiger partial charge in [0.15, 0.2) is 5.82 Å². The number of ether oxygens (including phenoxy) is 3. The van der Waals surface area contributed by atoms with E-state index >= 15 is 0 Å². The summed E-state index contributed by atoms with van der Waals surface area (Å²) in [6, 6.07) is 11.2. The zero-order chi connectivity index (χ0) is 22.5. The fraction of sp³-hybridized carbons (Fsp3) is 0.435. The average molecular weight is 456 g/mol. The predicted molar refractivity (Wildman–Crippen MR) is 127 cm³/mol. The van der Waals surface area contributed by atoms with Crippen molar-refractivity contribution in [2.24, 2.45) is 5.92 Å². The van der Waals surface area contributed by atoms with E-state index in [2.05, 4.69) is 26.8 Å². The Morgan fingerprint density at radius 1 is 1.03 bits per heavy atom. The molecule has 0 aliphatic heterocycles. The topological polar surface area (TPSA) is 83.3 Å². The minimum atomic E-state index is 0.448. The predicted octanol–water partition coefficient (Wildman–Crippen LogP) is 4.99. The summed E-state index contributed by atoms with van der Waals surface area (Å²) in [6.07, 6.45) is 5.22. The first-order chi connectivity index (χ1) is 15.6. The summed E-state index contributed by atoms with van der Waals surface area (Å²) in [5.74, 6) is 3.76. The van der Waals surface area contributed by atoms with Crippen LogP contribution in [0.3, 0.4) is 0 Å². The monoisotopic (exact) mass is 455 g/mol. The summed E-state index contributed by atoms with van der Waals surface area (Å²) in [5.41, 5.74) is 1.34. The third kappa shape index (κ3) is 4.62. The van der Waals surface area contributed by atoms with E-state index in [1.807, 2.05) is 34.9 Å². The average Bonchev–Trinajstić information content (AvgIpc) is 3.22. The third-order valence-corrected chi connectivity index (χ3v) is 6.59. The van der Waals surface area contributed by atoms with E-state index in [1.54, 1.807) is 39.3 Å². The Morgan fingerprint density at radius 2 is 1.75 bits per heavy atom. The van der Waals surface area contributed by atoms with Crippen molar-refractivity contribution in [1.29, 1.82) is 0 Å². The van der Waals surface area contributed by atoms with Crippen LogP contribution in [0.4, 0.5) is 5.95 Å². The number of aromatic nitrogens is 4. The Bertz CT molecular complexity index is 1030. The van der Waals surface area contributed by atoms with Crippen LogP contribution in [0, 0.1) is 5.92 Å². The van der Waals surface area contributed by atoms with Gasteiger partial charge in [-0.15, -0.1) is 10.2 Å². The van der Waals surface area contributed by atoms with Crippen molar-refractivity contribution in [1.82, 2.24) is 19.7 Å². The number of hydrogen-bond donors (Lipinski definition) is 1. The molecule has 170 valence electrons. The SMILES string of the molecule is COc1cccc(-c2nnc(NSC(C)CC3CCC3)n2-c2c(OC)cccc2OC)n1. The van der Waals surface area contributed by atoms with Crippen LogP contribution in [0.1, 0.15) is 32.6 Å². The molecule has 0 bridgehead atoms. The maximum atomic E-state index is 5.67. The lowest BCUT2D eigenvalue weighted by Gasteiger charge is -2.27. The first-order valence-electron chi connectivity index (χ1n) is 10.7. The van der Waals surface area contributed by atoms with Gasteiger partial charge >= 0.3 is 0 Å². The van der Waals surface area contributed by atoms with Crippen LogP contribution in [0.15, 0.2) is 36.4 Å². The molecule has 1 fully saturated rings. The zero-order valence-corrected chi connectivity index (χ0v) is 19.7. The van der Waals surface area contributed by atoms with Gasteiger partial charge in [0.05, 0.1) is 21.3 Å². The minimum Gasteiger partial charge on any atom is -0.494 e. The molecule has 0 amide bonds. The standard InChI is InChI=1S/C23H29N5O3S/c1-15(14-16-8-5-9-16)32-27-23-26-25-22(17-10-6-13-20(24-17)31-4)28(23)21-18(29-2)11-7-12-19(21)30-3/h6-7,10-13,15-16H,5,8-9,14H2,1-4H3,(H,26,27). The smallest absolute Gasteiger partial charge is 0.239 e. The van der Waals surface area contributed by atoms with E-state index in [0.29, 0.717) is 45.8 Å². The molecule has 1 N–H and O–H groups in total. The lowest BCUT2D eigenvalue weighted by molar-refractivity contribution is 0.297. The number of methoxy groups -OCH3 is 3. The van der Waals surface area contributed by atoms with Crippen LogP contribution in [0.2, 0.25) is 0 Å². The molecule has 1 aromatic carbocycles. The molecular formula is C23H29N5O3S. The van der Waals surface area contributed by atoms with Crippen molar-refractivity contribution in [3.05, 3.63) is 36.4 Å². The Balaban J connectivity index is 1.75. The number of rotatable bonds is 10. The number of pyridine rings is 1. The van der Waals surface area contributed by atoms with Gasteiger partial charge in [0.25, 0.3) is 0 Å². The molecule has 1 aliphatic carbocycles. The van der Waals surface area contributed by atoms with Gasteiger partial charge in [0.1, 0.15) is 22.9 Å². The van der Waals surface area contributed by atoms with Crippen LogP contribution in [-0.4, -0.2) is 46.3 Å². The first-order valence-corrected chi connectivity index (χ1v) is 11.6. The Morgan fingerprint density at radius 3 is 2.38 bits per heavy atom. The fourth-order valence-electron chi connectivity index (χ4n) is 3.83.